The monoisotopic (exact) mass is 298 g/mol. The van der Waals surface area contributed by atoms with Gasteiger partial charge in [-0.3, -0.25) is 9.36 Å². The van der Waals surface area contributed by atoms with Crippen LogP contribution in [0.25, 0.3) is 0 Å². The molecule has 1 unspecified atom stereocenters. The van der Waals surface area contributed by atoms with Crippen LogP contribution in [0.15, 0.2) is 11.5 Å². The fourth-order valence-corrected chi connectivity index (χ4v) is 2.57. The molecule has 2 N–H and O–H groups in total. The lowest BCUT2D eigenvalue weighted by atomic mass is 10.3. The fraction of sp³-hybridized carbons (Fsp3) is 0.500. The molecule has 0 saturated carbocycles. The minimum Gasteiger partial charge on any atom is -0.481 e. The molecule has 0 aliphatic carbocycles. The van der Waals surface area contributed by atoms with E-state index in [-0.39, 0.29) is 18.4 Å². The standard InChI is InChI=1S/C10H14N6O3S/c1-6(9-13-11-5-15(9)2)16-7(3-17)12-14-10(16)20-4-8(18)19/h5-6,17H,3-4H2,1-2H3,(H,18,19). The highest BCUT2D eigenvalue weighted by molar-refractivity contribution is 7.99. The average molecular weight is 298 g/mol. The van der Waals surface area contributed by atoms with E-state index < -0.39 is 5.97 Å². The summed E-state index contributed by atoms with van der Waals surface area (Å²) in [6.45, 7) is 1.57. The van der Waals surface area contributed by atoms with Gasteiger partial charge >= 0.3 is 5.97 Å². The second-order valence-electron chi connectivity index (χ2n) is 4.09. The summed E-state index contributed by atoms with van der Waals surface area (Å²) in [6, 6.07) is -0.268. The number of carboxylic acid groups (broad SMARTS) is 1. The molecule has 2 aromatic rings. The number of aryl methyl sites for hydroxylation is 1. The van der Waals surface area contributed by atoms with E-state index in [4.69, 9.17) is 5.11 Å². The highest BCUT2D eigenvalue weighted by Gasteiger charge is 2.22. The Morgan fingerprint density at radius 2 is 2.20 bits per heavy atom. The molecule has 2 aromatic heterocycles. The molecule has 0 saturated heterocycles. The molecule has 0 bridgehead atoms. The number of aliphatic hydroxyl groups excluding tert-OH is 1. The number of hydrogen-bond donors (Lipinski definition) is 2. The molecule has 10 heteroatoms. The first-order chi connectivity index (χ1) is 9.54. The molecule has 0 aromatic carbocycles. The first kappa shape index (κ1) is 14.5. The van der Waals surface area contributed by atoms with Crippen LogP contribution in [0, 0.1) is 0 Å². The summed E-state index contributed by atoms with van der Waals surface area (Å²) in [6.07, 6.45) is 1.57. The van der Waals surface area contributed by atoms with Crippen molar-refractivity contribution in [3.05, 3.63) is 18.0 Å². The van der Waals surface area contributed by atoms with Crippen LogP contribution in [0.4, 0.5) is 0 Å². The van der Waals surface area contributed by atoms with E-state index in [2.05, 4.69) is 20.4 Å². The van der Waals surface area contributed by atoms with Gasteiger partial charge in [0, 0.05) is 7.05 Å². The molecule has 0 aliphatic rings. The van der Waals surface area contributed by atoms with Crippen molar-refractivity contribution in [3.8, 4) is 0 Å². The first-order valence-corrected chi connectivity index (χ1v) is 6.76. The number of thioether (sulfide) groups is 1. The summed E-state index contributed by atoms with van der Waals surface area (Å²) in [4.78, 5) is 10.7. The van der Waals surface area contributed by atoms with Gasteiger partial charge in [-0.15, -0.1) is 20.4 Å². The number of carboxylic acids is 1. The summed E-state index contributed by atoms with van der Waals surface area (Å²) in [5, 5.41) is 34.1. The smallest absolute Gasteiger partial charge is 0.313 e. The van der Waals surface area contributed by atoms with Gasteiger partial charge in [0.2, 0.25) is 0 Å². The van der Waals surface area contributed by atoms with Gasteiger partial charge in [0.15, 0.2) is 16.8 Å². The lowest BCUT2D eigenvalue weighted by Crippen LogP contribution is -2.16. The van der Waals surface area contributed by atoms with Crippen molar-refractivity contribution in [2.45, 2.75) is 24.7 Å². The van der Waals surface area contributed by atoms with E-state index in [0.717, 1.165) is 11.8 Å². The molecule has 0 fully saturated rings. The number of aliphatic carboxylic acids is 1. The van der Waals surface area contributed by atoms with Crippen molar-refractivity contribution < 1.29 is 15.0 Å². The third-order valence-corrected chi connectivity index (χ3v) is 3.64. The largest absolute Gasteiger partial charge is 0.481 e. The van der Waals surface area contributed by atoms with Crippen molar-refractivity contribution >= 4 is 17.7 Å². The Balaban J connectivity index is 2.35. The predicted octanol–water partition coefficient (Wildman–Crippen LogP) is -0.315. The Bertz CT molecular complexity index is 610. The minimum absolute atomic E-state index is 0.130. The first-order valence-electron chi connectivity index (χ1n) is 5.77. The number of hydrogen-bond acceptors (Lipinski definition) is 7. The van der Waals surface area contributed by atoms with Gasteiger partial charge < -0.3 is 14.8 Å². The van der Waals surface area contributed by atoms with Gasteiger partial charge in [-0.05, 0) is 6.92 Å². The molecule has 0 aliphatic heterocycles. The van der Waals surface area contributed by atoms with Crippen LogP contribution >= 0.6 is 11.8 Å². The molecule has 1 atom stereocenters. The Morgan fingerprint density at radius 3 is 2.75 bits per heavy atom. The number of aromatic nitrogens is 6. The summed E-state index contributed by atoms with van der Waals surface area (Å²) in [5.74, 6) is -0.0544. The number of nitrogens with zero attached hydrogens (tertiary/aromatic N) is 6. The number of aliphatic hydroxyl groups is 1. The second-order valence-corrected chi connectivity index (χ2v) is 5.03. The molecule has 0 radical (unpaired) electrons. The summed E-state index contributed by atoms with van der Waals surface area (Å²) < 4.78 is 3.41. The molecule has 2 rings (SSSR count). The van der Waals surface area contributed by atoms with E-state index in [1.807, 2.05) is 6.92 Å². The van der Waals surface area contributed by atoms with Crippen LogP contribution in [-0.4, -0.2) is 51.5 Å². The summed E-state index contributed by atoms with van der Waals surface area (Å²) >= 11 is 1.04. The molecular formula is C10H14N6O3S. The Morgan fingerprint density at radius 1 is 1.45 bits per heavy atom. The van der Waals surface area contributed by atoms with Gasteiger partial charge in [0.25, 0.3) is 0 Å². The van der Waals surface area contributed by atoms with Crippen LogP contribution in [0.5, 0.6) is 0 Å². The van der Waals surface area contributed by atoms with Crippen molar-refractivity contribution in [2.24, 2.45) is 7.05 Å². The van der Waals surface area contributed by atoms with E-state index in [1.165, 1.54) is 0 Å². The molecule has 108 valence electrons. The SMILES string of the molecule is CC(c1nncn1C)n1c(CO)nnc1SCC(=O)O. The maximum atomic E-state index is 10.7. The Labute approximate surface area is 118 Å². The Hall–Kier alpha value is -1.94. The van der Waals surface area contributed by atoms with E-state index >= 15 is 0 Å². The van der Waals surface area contributed by atoms with E-state index in [9.17, 15) is 9.90 Å². The van der Waals surface area contributed by atoms with Crippen LogP contribution < -0.4 is 0 Å². The highest BCUT2D eigenvalue weighted by atomic mass is 32.2. The summed E-state index contributed by atoms with van der Waals surface area (Å²) in [7, 11) is 1.80. The van der Waals surface area contributed by atoms with E-state index in [0.29, 0.717) is 16.8 Å². The predicted molar refractivity (Wildman–Crippen MR) is 69.1 cm³/mol. The molecule has 0 spiro atoms. The molecule has 0 amide bonds. The third-order valence-electron chi connectivity index (χ3n) is 2.71. The zero-order chi connectivity index (χ0) is 14.7. The van der Waals surface area contributed by atoms with Crippen molar-refractivity contribution in [1.82, 2.24) is 29.5 Å². The van der Waals surface area contributed by atoms with Gasteiger partial charge in [-0.25, -0.2) is 0 Å². The third kappa shape index (κ3) is 2.80. The lowest BCUT2D eigenvalue weighted by molar-refractivity contribution is -0.133. The van der Waals surface area contributed by atoms with Crippen LogP contribution in [-0.2, 0) is 18.4 Å². The van der Waals surface area contributed by atoms with Crippen molar-refractivity contribution in [3.63, 3.8) is 0 Å². The summed E-state index contributed by atoms with van der Waals surface area (Å²) in [5.41, 5.74) is 0. The topological polar surface area (TPSA) is 119 Å². The highest BCUT2D eigenvalue weighted by Crippen LogP contribution is 2.25. The number of carbonyl (C=O) groups is 1. The van der Waals surface area contributed by atoms with Crippen LogP contribution in [0.3, 0.4) is 0 Å². The molecule has 20 heavy (non-hydrogen) atoms. The van der Waals surface area contributed by atoms with Crippen LogP contribution in [0.2, 0.25) is 0 Å². The van der Waals surface area contributed by atoms with Gasteiger partial charge in [0.05, 0.1) is 11.8 Å². The average Bonchev–Trinajstić information content (AvgIpc) is 3.01. The van der Waals surface area contributed by atoms with Gasteiger partial charge in [0.1, 0.15) is 12.9 Å². The maximum absolute atomic E-state index is 10.7. The van der Waals surface area contributed by atoms with Gasteiger partial charge in [-0.2, -0.15) is 0 Å². The van der Waals surface area contributed by atoms with Crippen LogP contribution in [0.1, 0.15) is 24.6 Å². The zero-order valence-electron chi connectivity index (χ0n) is 11.0. The quantitative estimate of drug-likeness (QED) is 0.697. The number of rotatable bonds is 6. The Kier molecular flexibility index (Phi) is 4.35. The molecular weight excluding hydrogens is 284 g/mol. The zero-order valence-corrected chi connectivity index (χ0v) is 11.8. The maximum Gasteiger partial charge on any atom is 0.313 e. The molecule has 2 heterocycles. The fourth-order valence-electron chi connectivity index (χ4n) is 1.81. The second kappa shape index (κ2) is 6.01. The van der Waals surface area contributed by atoms with Gasteiger partial charge in [-0.1, -0.05) is 11.8 Å². The molecule has 9 nitrogen and oxygen atoms in total. The van der Waals surface area contributed by atoms with Crippen molar-refractivity contribution in [2.75, 3.05) is 5.75 Å². The minimum atomic E-state index is -0.943. The van der Waals surface area contributed by atoms with Crippen molar-refractivity contribution in [1.29, 1.82) is 0 Å². The normalized spacial score (nSPS) is 12.6. The van der Waals surface area contributed by atoms with E-state index in [1.54, 1.807) is 22.5 Å². The lowest BCUT2D eigenvalue weighted by Gasteiger charge is -2.16.